The molecule has 1 aliphatic carbocycles. The second kappa shape index (κ2) is 13.2. The SMILES string of the molecule is CCC[C@H](N[C@@H](C)C(=O)N1[C@H](C(=O)O[C@@H]2O[C@H](C(=O)O)[C@@H](O)[C@H](O)[C@H]2O)C[C@@H]2CCCC[C@@H]21)C(=O)OCC. The fraction of sp³-hybridized carbons (Fsp3) is 0.840. The Balaban J connectivity index is 1.78. The molecule has 0 aromatic rings. The molecule has 2 saturated heterocycles. The molecule has 0 aromatic heterocycles. The number of amides is 1. The first-order valence-corrected chi connectivity index (χ1v) is 13.4. The number of carboxylic acids is 1. The second-order valence-electron chi connectivity index (χ2n) is 10.3. The van der Waals surface area contributed by atoms with Gasteiger partial charge in [-0.1, -0.05) is 26.2 Å². The van der Waals surface area contributed by atoms with Gasteiger partial charge in [-0.25, -0.2) is 9.59 Å². The molecule has 3 rings (SSSR count). The first-order chi connectivity index (χ1) is 18.0. The van der Waals surface area contributed by atoms with Crippen LogP contribution >= 0.6 is 0 Å². The van der Waals surface area contributed by atoms with Gasteiger partial charge in [0, 0.05) is 6.04 Å². The molecule has 13 nitrogen and oxygen atoms in total. The molecule has 13 heteroatoms. The summed E-state index contributed by atoms with van der Waals surface area (Å²) in [6.07, 6.45) is -4.71. The summed E-state index contributed by atoms with van der Waals surface area (Å²) in [4.78, 5) is 52.3. The number of hydrogen-bond acceptors (Lipinski definition) is 11. The highest BCUT2D eigenvalue weighted by Crippen LogP contribution is 2.41. The van der Waals surface area contributed by atoms with Gasteiger partial charge in [-0.05, 0) is 45.4 Å². The van der Waals surface area contributed by atoms with Gasteiger partial charge in [0.2, 0.25) is 12.2 Å². The molecule has 1 saturated carbocycles. The molecule has 3 fully saturated rings. The normalized spacial score (nSPS) is 34.6. The van der Waals surface area contributed by atoms with Crippen molar-refractivity contribution in [3.05, 3.63) is 0 Å². The van der Waals surface area contributed by atoms with Crippen LogP contribution in [0.2, 0.25) is 0 Å². The minimum Gasteiger partial charge on any atom is -0.479 e. The summed E-state index contributed by atoms with van der Waals surface area (Å²) in [5, 5.41) is 42.5. The van der Waals surface area contributed by atoms with Gasteiger partial charge in [0.15, 0.2) is 6.10 Å². The molecule has 0 bridgehead atoms. The summed E-state index contributed by atoms with van der Waals surface area (Å²) in [6.45, 7) is 5.43. The lowest BCUT2D eigenvalue weighted by Gasteiger charge is -2.39. The van der Waals surface area contributed by atoms with Crippen LogP contribution in [0.25, 0.3) is 0 Å². The minimum absolute atomic E-state index is 0.0466. The fourth-order valence-electron chi connectivity index (χ4n) is 5.73. The first kappa shape index (κ1) is 30.2. The quantitative estimate of drug-likeness (QED) is 0.217. The maximum Gasteiger partial charge on any atom is 0.335 e. The van der Waals surface area contributed by atoms with Crippen molar-refractivity contribution in [3.63, 3.8) is 0 Å². The number of fused-ring (bicyclic) bond motifs is 1. The van der Waals surface area contributed by atoms with Crippen LogP contribution in [0.5, 0.6) is 0 Å². The molecule has 38 heavy (non-hydrogen) atoms. The molecular formula is C25H40N2O11. The van der Waals surface area contributed by atoms with Crippen molar-refractivity contribution in [2.45, 2.75) is 121 Å². The molecule has 5 N–H and O–H groups in total. The lowest BCUT2D eigenvalue weighted by molar-refractivity contribution is -0.287. The monoisotopic (exact) mass is 544 g/mol. The molecule has 2 aliphatic heterocycles. The summed E-state index contributed by atoms with van der Waals surface area (Å²) >= 11 is 0. The molecule has 10 atom stereocenters. The molecule has 0 aromatic carbocycles. The van der Waals surface area contributed by atoms with Crippen LogP contribution < -0.4 is 5.32 Å². The zero-order valence-electron chi connectivity index (χ0n) is 22.0. The van der Waals surface area contributed by atoms with Crippen molar-refractivity contribution in [1.82, 2.24) is 10.2 Å². The third-order valence-corrected chi connectivity index (χ3v) is 7.63. The maximum atomic E-state index is 13.7. The van der Waals surface area contributed by atoms with E-state index in [9.17, 15) is 39.6 Å². The van der Waals surface area contributed by atoms with Crippen molar-refractivity contribution in [2.75, 3.05) is 6.61 Å². The Morgan fingerprint density at radius 1 is 1.05 bits per heavy atom. The van der Waals surface area contributed by atoms with E-state index in [2.05, 4.69) is 5.32 Å². The van der Waals surface area contributed by atoms with E-state index in [-0.39, 0.29) is 18.6 Å². The number of carboxylic acid groups (broad SMARTS) is 1. The molecule has 2 heterocycles. The number of rotatable bonds is 10. The number of carbonyl (C=O) groups is 4. The molecule has 0 unspecified atom stereocenters. The highest BCUT2D eigenvalue weighted by Gasteiger charge is 2.52. The van der Waals surface area contributed by atoms with Crippen molar-refractivity contribution >= 4 is 23.8 Å². The van der Waals surface area contributed by atoms with Gasteiger partial charge < -0.3 is 39.5 Å². The number of nitrogens with one attached hydrogen (secondary N) is 1. The predicted molar refractivity (Wildman–Crippen MR) is 129 cm³/mol. The summed E-state index contributed by atoms with van der Waals surface area (Å²) < 4.78 is 15.5. The number of likely N-dealkylation sites (tertiary alicyclic amines) is 1. The number of aliphatic hydroxyl groups excluding tert-OH is 3. The standard InChI is InChI=1S/C25H40N2O11/c1-4-8-14(23(34)36-5-2)26-12(3)21(31)27-15-10-7-6-9-13(15)11-16(27)24(35)38-25-19(30)17(28)18(29)20(37-25)22(32)33/h12-20,25-26,28-30H,4-11H2,1-3H3,(H,32,33)/t12-,13-,14-,15-,16-,17-,18-,19+,20-,25-/m0/s1. The van der Waals surface area contributed by atoms with Crippen LogP contribution in [0, 0.1) is 5.92 Å². The Kier molecular flexibility index (Phi) is 10.5. The molecule has 0 radical (unpaired) electrons. The number of ether oxygens (including phenoxy) is 3. The minimum atomic E-state index is -1.92. The Morgan fingerprint density at radius 3 is 2.37 bits per heavy atom. The zero-order valence-corrected chi connectivity index (χ0v) is 22.0. The van der Waals surface area contributed by atoms with Crippen molar-refractivity contribution < 1.29 is 53.8 Å². The van der Waals surface area contributed by atoms with Gasteiger partial charge in [-0.2, -0.15) is 0 Å². The highest BCUT2D eigenvalue weighted by molar-refractivity contribution is 5.89. The third kappa shape index (κ3) is 6.45. The van der Waals surface area contributed by atoms with Crippen LogP contribution in [-0.2, 0) is 33.4 Å². The number of nitrogens with zero attached hydrogens (tertiary/aromatic N) is 1. The van der Waals surface area contributed by atoms with Crippen LogP contribution in [-0.4, -0.2) is 111 Å². The van der Waals surface area contributed by atoms with Crippen LogP contribution in [0.4, 0.5) is 0 Å². The average molecular weight is 545 g/mol. The van der Waals surface area contributed by atoms with Gasteiger partial charge in [0.1, 0.15) is 30.4 Å². The Bertz CT molecular complexity index is 870. The van der Waals surface area contributed by atoms with E-state index >= 15 is 0 Å². The first-order valence-electron chi connectivity index (χ1n) is 13.4. The Labute approximate surface area is 221 Å². The second-order valence-corrected chi connectivity index (χ2v) is 10.3. The number of aliphatic carboxylic acids is 1. The van der Waals surface area contributed by atoms with Gasteiger partial charge in [0.05, 0.1) is 12.6 Å². The fourth-order valence-corrected chi connectivity index (χ4v) is 5.73. The molecule has 216 valence electrons. The third-order valence-electron chi connectivity index (χ3n) is 7.63. The topological polar surface area (TPSA) is 192 Å². The van der Waals surface area contributed by atoms with Crippen molar-refractivity contribution in [3.8, 4) is 0 Å². The van der Waals surface area contributed by atoms with E-state index in [0.717, 1.165) is 19.3 Å². The van der Waals surface area contributed by atoms with E-state index in [1.54, 1.807) is 13.8 Å². The Morgan fingerprint density at radius 2 is 1.74 bits per heavy atom. The highest BCUT2D eigenvalue weighted by atomic mass is 16.7. The van der Waals surface area contributed by atoms with Crippen molar-refractivity contribution in [2.24, 2.45) is 5.92 Å². The molecule has 0 spiro atoms. The van der Waals surface area contributed by atoms with E-state index in [1.165, 1.54) is 4.90 Å². The van der Waals surface area contributed by atoms with Crippen LogP contribution in [0.15, 0.2) is 0 Å². The molecule has 3 aliphatic rings. The molecule has 1 amide bonds. The number of hydrogen-bond donors (Lipinski definition) is 5. The number of esters is 2. The maximum absolute atomic E-state index is 13.7. The summed E-state index contributed by atoms with van der Waals surface area (Å²) in [5.41, 5.74) is 0. The number of carbonyl (C=O) groups excluding carboxylic acids is 3. The van der Waals surface area contributed by atoms with Gasteiger partial charge in [-0.15, -0.1) is 0 Å². The summed E-state index contributed by atoms with van der Waals surface area (Å²) in [7, 11) is 0. The summed E-state index contributed by atoms with van der Waals surface area (Å²) in [5.74, 6) is -3.32. The van der Waals surface area contributed by atoms with Gasteiger partial charge >= 0.3 is 17.9 Å². The lowest BCUT2D eigenvalue weighted by atomic mass is 9.84. The number of aliphatic hydroxyl groups is 3. The Hall–Kier alpha value is -2.32. The van der Waals surface area contributed by atoms with Crippen LogP contribution in [0.3, 0.4) is 0 Å². The summed E-state index contributed by atoms with van der Waals surface area (Å²) in [6, 6.07) is -2.77. The average Bonchev–Trinajstić information content (AvgIpc) is 3.27. The van der Waals surface area contributed by atoms with Crippen LogP contribution in [0.1, 0.15) is 65.7 Å². The van der Waals surface area contributed by atoms with E-state index in [1.807, 2.05) is 6.92 Å². The smallest absolute Gasteiger partial charge is 0.335 e. The van der Waals surface area contributed by atoms with E-state index in [0.29, 0.717) is 25.7 Å². The van der Waals surface area contributed by atoms with Gasteiger partial charge in [-0.3, -0.25) is 14.9 Å². The van der Waals surface area contributed by atoms with E-state index in [4.69, 9.17) is 14.2 Å². The van der Waals surface area contributed by atoms with E-state index < -0.39 is 72.6 Å². The predicted octanol–water partition coefficient (Wildman–Crippen LogP) is -0.709. The largest absolute Gasteiger partial charge is 0.479 e. The zero-order chi connectivity index (χ0) is 28.1. The lowest BCUT2D eigenvalue weighted by Crippen LogP contribution is -2.61. The molecular weight excluding hydrogens is 504 g/mol. The van der Waals surface area contributed by atoms with Crippen molar-refractivity contribution in [1.29, 1.82) is 0 Å². The van der Waals surface area contributed by atoms with Gasteiger partial charge in [0.25, 0.3) is 0 Å².